The second-order valence-electron chi connectivity index (χ2n) is 4.11. The third-order valence-electron chi connectivity index (χ3n) is 2.81. The van der Waals surface area contributed by atoms with Gasteiger partial charge < -0.3 is 0 Å². The molecule has 3 aromatic rings. The summed E-state index contributed by atoms with van der Waals surface area (Å²) in [5.74, 6) is 0. The zero-order chi connectivity index (χ0) is 13.1. The molecule has 0 atom stereocenters. The summed E-state index contributed by atoms with van der Waals surface area (Å²) in [7, 11) is 0. The molecule has 0 unspecified atom stereocenters. The Kier molecular flexibility index (Phi) is 3.18. The molecule has 2 aromatic carbocycles. The van der Waals surface area contributed by atoms with Crippen molar-refractivity contribution in [3.8, 4) is 6.07 Å². The Morgan fingerprint density at radius 3 is 2.53 bits per heavy atom. The molecule has 0 amide bonds. The molecule has 0 bridgehead atoms. The van der Waals surface area contributed by atoms with Crippen LogP contribution in [0.15, 0.2) is 70.7 Å². The predicted molar refractivity (Wildman–Crippen MR) is 77.0 cm³/mol. The van der Waals surface area contributed by atoms with Crippen molar-refractivity contribution in [2.45, 2.75) is 9.92 Å². The SMILES string of the molecule is N#Cc1ccc(Sc2ccc3ccccc3c2)nc1. The van der Waals surface area contributed by atoms with E-state index in [0.717, 1.165) is 9.92 Å². The van der Waals surface area contributed by atoms with E-state index in [2.05, 4.69) is 41.4 Å². The molecule has 90 valence electrons. The van der Waals surface area contributed by atoms with Crippen LogP contribution in [-0.2, 0) is 0 Å². The molecule has 0 radical (unpaired) electrons. The molecule has 0 aliphatic heterocycles. The van der Waals surface area contributed by atoms with E-state index in [4.69, 9.17) is 5.26 Å². The Morgan fingerprint density at radius 1 is 0.947 bits per heavy atom. The zero-order valence-corrected chi connectivity index (χ0v) is 10.9. The Hall–Kier alpha value is -2.31. The lowest BCUT2D eigenvalue weighted by Gasteiger charge is -2.03. The Bertz CT molecular complexity index is 758. The number of benzene rings is 2. The van der Waals surface area contributed by atoms with Crippen molar-refractivity contribution in [3.63, 3.8) is 0 Å². The maximum Gasteiger partial charge on any atom is 0.101 e. The highest BCUT2D eigenvalue weighted by atomic mass is 32.2. The van der Waals surface area contributed by atoms with Gasteiger partial charge in [0.15, 0.2) is 0 Å². The number of hydrogen-bond acceptors (Lipinski definition) is 3. The van der Waals surface area contributed by atoms with Crippen LogP contribution >= 0.6 is 11.8 Å². The first-order valence-corrected chi connectivity index (χ1v) is 6.69. The van der Waals surface area contributed by atoms with Crippen molar-refractivity contribution in [2.24, 2.45) is 0 Å². The van der Waals surface area contributed by atoms with Crippen LogP contribution in [0.3, 0.4) is 0 Å². The van der Waals surface area contributed by atoms with Crippen molar-refractivity contribution >= 4 is 22.5 Å². The molecule has 0 aliphatic carbocycles. The number of aromatic nitrogens is 1. The molecule has 0 aliphatic rings. The van der Waals surface area contributed by atoms with E-state index in [1.807, 2.05) is 18.2 Å². The summed E-state index contributed by atoms with van der Waals surface area (Å²) in [5, 5.41) is 12.1. The normalized spacial score (nSPS) is 10.3. The summed E-state index contributed by atoms with van der Waals surface area (Å²) in [5.41, 5.74) is 0.586. The van der Waals surface area contributed by atoms with Gasteiger partial charge in [-0.25, -0.2) is 4.98 Å². The van der Waals surface area contributed by atoms with Gasteiger partial charge in [0.25, 0.3) is 0 Å². The lowest BCUT2D eigenvalue weighted by molar-refractivity contribution is 1.12. The van der Waals surface area contributed by atoms with Gasteiger partial charge in [-0.3, -0.25) is 0 Å². The molecule has 3 heteroatoms. The Balaban J connectivity index is 1.90. The van der Waals surface area contributed by atoms with Gasteiger partial charge in [0.2, 0.25) is 0 Å². The van der Waals surface area contributed by atoms with E-state index in [0.29, 0.717) is 5.56 Å². The number of rotatable bonds is 2. The summed E-state index contributed by atoms with van der Waals surface area (Å²) in [6, 6.07) is 20.4. The standard InChI is InChI=1S/C16H10N2S/c17-10-12-5-8-16(18-11-12)19-15-7-6-13-3-1-2-4-14(13)9-15/h1-9,11H. The van der Waals surface area contributed by atoms with Crippen molar-refractivity contribution in [1.29, 1.82) is 5.26 Å². The highest BCUT2D eigenvalue weighted by molar-refractivity contribution is 7.99. The molecule has 2 nitrogen and oxygen atoms in total. The number of pyridine rings is 1. The molecule has 0 spiro atoms. The fourth-order valence-corrected chi connectivity index (χ4v) is 2.66. The Morgan fingerprint density at radius 2 is 1.79 bits per heavy atom. The molecule has 3 rings (SSSR count). The highest BCUT2D eigenvalue weighted by Gasteiger charge is 2.00. The molecule has 1 aromatic heterocycles. The van der Waals surface area contributed by atoms with Crippen LogP contribution in [0.5, 0.6) is 0 Å². The number of fused-ring (bicyclic) bond motifs is 1. The van der Waals surface area contributed by atoms with Crippen molar-refractivity contribution in [3.05, 3.63) is 66.4 Å². The topological polar surface area (TPSA) is 36.7 Å². The van der Waals surface area contributed by atoms with Gasteiger partial charge >= 0.3 is 0 Å². The first kappa shape index (κ1) is 11.8. The minimum absolute atomic E-state index is 0.586. The smallest absolute Gasteiger partial charge is 0.101 e. The lowest BCUT2D eigenvalue weighted by Crippen LogP contribution is -1.82. The van der Waals surface area contributed by atoms with E-state index in [-0.39, 0.29) is 0 Å². The maximum absolute atomic E-state index is 8.74. The van der Waals surface area contributed by atoms with Crippen LogP contribution < -0.4 is 0 Å². The van der Waals surface area contributed by atoms with Crippen molar-refractivity contribution in [2.75, 3.05) is 0 Å². The third-order valence-corrected chi connectivity index (χ3v) is 3.75. The molecule has 0 N–H and O–H groups in total. The van der Waals surface area contributed by atoms with Gasteiger partial charge in [-0.2, -0.15) is 5.26 Å². The number of hydrogen-bond donors (Lipinski definition) is 0. The quantitative estimate of drug-likeness (QED) is 0.692. The van der Waals surface area contributed by atoms with E-state index in [1.54, 1.807) is 24.0 Å². The van der Waals surface area contributed by atoms with Crippen molar-refractivity contribution in [1.82, 2.24) is 4.98 Å². The fraction of sp³-hybridized carbons (Fsp3) is 0. The molecular weight excluding hydrogens is 252 g/mol. The largest absolute Gasteiger partial charge is 0.248 e. The highest BCUT2D eigenvalue weighted by Crippen LogP contribution is 2.28. The summed E-state index contributed by atoms with van der Waals surface area (Å²) in [6.07, 6.45) is 1.60. The van der Waals surface area contributed by atoms with Crippen LogP contribution in [0.25, 0.3) is 10.8 Å². The van der Waals surface area contributed by atoms with Gasteiger partial charge in [-0.15, -0.1) is 0 Å². The Labute approximate surface area is 115 Å². The van der Waals surface area contributed by atoms with Gasteiger partial charge in [0.1, 0.15) is 11.1 Å². The van der Waals surface area contributed by atoms with Gasteiger partial charge in [0, 0.05) is 11.1 Å². The van der Waals surface area contributed by atoms with Crippen LogP contribution in [0.2, 0.25) is 0 Å². The molecule has 19 heavy (non-hydrogen) atoms. The number of nitrogens with zero attached hydrogens (tertiary/aromatic N) is 2. The lowest BCUT2D eigenvalue weighted by atomic mass is 10.1. The zero-order valence-electron chi connectivity index (χ0n) is 10.1. The van der Waals surface area contributed by atoms with Crippen LogP contribution in [0, 0.1) is 11.3 Å². The number of nitriles is 1. The second kappa shape index (κ2) is 5.13. The van der Waals surface area contributed by atoms with Gasteiger partial charge in [0.05, 0.1) is 5.56 Å². The van der Waals surface area contributed by atoms with E-state index in [9.17, 15) is 0 Å². The van der Waals surface area contributed by atoms with Gasteiger partial charge in [-0.1, -0.05) is 42.1 Å². The minimum Gasteiger partial charge on any atom is -0.248 e. The fourth-order valence-electron chi connectivity index (χ4n) is 1.86. The molecular formula is C16H10N2S. The molecule has 0 saturated heterocycles. The van der Waals surface area contributed by atoms with E-state index < -0.39 is 0 Å². The van der Waals surface area contributed by atoms with Crippen molar-refractivity contribution < 1.29 is 0 Å². The third kappa shape index (κ3) is 2.59. The predicted octanol–water partition coefficient (Wildman–Crippen LogP) is 4.26. The van der Waals surface area contributed by atoms with E-state index in [1.165, 1.54) is 10.8 Å². The van der Waals surface area contributed by atoms with Crippen LogP contribution in [0.4, 0.5) is 0 Å². The summed E-state index contributed by atoms with van der Waals surface area (Å²) in [6.45, 7) is 0. The minimum atomic E-state index is 0.586. The molecule has 0 saturated carbocycles. The summed E-state index contributed by atoms with van der Waals surface area (Å²) < 4.78 is 0. The molecule has 0 fully saturated rings. The van der Waals surface area contributed by atoms with E-state index >= 15 is 0 Å². The average molecular weight is 262 g/mol. The summed E-state index contributed by atoms with van der Waals surface area (Å²) in [4.78, 5) is 5.41. The average Bonchev–Trinajstić information content (AvgIpc) is 2.48. The summed E-state index contributed by atoms with van der Waals surface area (Å²) >= 11 is 1.60. The first-order chi connectivity index (χ1) is 9.35. The monoisotopic (exact) mass is 262 g/mol. The first-order valence-electron chi connectivity index (χ1n) is 5.88. The van der Waals surface area contributed by atoms with Crippen LogP contribution in [0.1, 0.15) is 5.56 Å². The molecule has 1 heterocycles. The second-order valence-corrected chi connectivity index (χ2v) is 5.20. The van der Waals surface area contributed by atoms with Crippen LogP contribution in [-0.4, -0.2) is 4.98 Å². The maximum atomic E-state index is 8.74. The van der Waals surface area contributed by atoms with Gasteiger partial charge in [-0.05, 0) is 35.0 Å².